The van der Waals surface area contributed by atoms with Crippen LogP contribution in [0.25, 0.3) is 0 Å². The molecule has 122 valence electrons. The second-order valence-electron chi connectivity index (χ2n) is 5.63. The molecule has 0 spiro atoms. The summed E-state index contributed by atoms with van der Waals surface area (Å²) in [4.78, 5) is 13.3. The van der Waals surface area contributed by atoms with E-state index in [-0.39, 0.29) is 11.9 Å². The fourth-order valence-corrected chi connectivity index (χ4v) is 3.01. The van der Waals surface area contributed by atoms with E-state index < -0.39 is 0 Å². The lowest BCUT2D eigenvalue weighted by atomic mass is 10.1. The second kappa shape index (κ2) is 8.75. The van der Waals surface area contributed by atoms with E-state index in [1.165, 1.54) is 16.0 Å². The van der Waals surface area contributed by atoms with Gasteiger partial charge in [-0.15, -0.1) is 11.8 Å². The lowest BCUT2D eigenvalue weighted by Gasteiger charge is -2.12. The smallest absolute Gasteiger partial charge is 0.251 e. The topological polar surface area (TPSA) is 38.3 Å². The molecule has 2 aromatic carbocycles. The predicted octanol–water partition coefficient (Wildman–Crippen LogP) is 4.05. The van der Waals surface area contributed by atoms with Crippen molar-refractivity contribution in [1.29, 1.82) is 0 Å². The number of ether oxygens (including phenoxy) is 1. The third-order valence-electron chi connectivity index (χ3n) is 3.44. The van der Waals surface area contributed by atoms with E-state index in [4.69, 9.17) is 4.74 Å². The molecular weight excluding hydrogens is 306 g/mol. The van der Waals surface area contributed by atoms with E-state index in [0.717, 1.165) is 5.75 Å². The lowest BCUT2D eigenvalue weighted by molar-refractivity contribution is 0.0905. The van der Waals surface area contributed by atoms with Gasteiger partial charge in [0.15, 0.2) is 0 Å². The number of benzene rings is 2. The van der Waals surface area contributed by atoms with Gasteiger partial charge in [0, 0.05) is 29.4 Å². The summed E-state index contributed by atoms with van der Waals surface area (Å²) >= 11 is 1.80. The highest BCUT2D eigenvalue weighted by molar-refractivity contribution is 7.98. The zero-order valence-corrected chi connectivity index (χ0v) is 14.7. The molecule has 3 nitrogen and oxygen atoms in total. The van der Waals surface area contributed by atoms with Crippen molar-refractivity contribution in [2.24, 2.45) is 0 Å². The summed E-state index contributed by atoms with van der Waals surface area (Å²) in [5.41, 5.74) is 3.15. The zero-order valence-electron chi connectivity index (χ0n) is 13.8. The maximum Gasteiger partial charge on any atom is 0.251 e. The fourth-order valence-electron chi connectivity index (χ4n) is 2.15. The van der Waals surface area contributed by atoms with Gasteiger partial charge < -0.3 is 10.1 Å². The first-order valence-corrected chi connectivity index (χ1v) is 8.65. The van der Waals surface area contributed by atoms with Crippen LogP contribution < -0.4 is 5.32 Å². The number of aryl methyl sites for hydroxylation is 1. The molecule has 2 aromatic rings. The quantitative estimate of drug-likeness (QED) is 0.779. The Balaban J connectivity index is 1.88. The van der Waals surface area contributed by atoms with E-state index in [2.05, 4.69) is 36.5 Å². The van der Waals surface area contributed by atoms with Gasteiger partial charge in [0.1, 0.15) is 0 Å². The third-order valence-corrected chi connectivity index (χ3v) is 4.52. The van der Waals surface area contributed by atoms with Crippen LogP contribution in [-0.2, 0) is 10.5 Å². The van der Waals surface area contributed by atoms with E-state index in [1.54, 1.807) is 18.9 Å². The van der Waals surface area contributed by atoms with Crippen molar-refractivity contribution in [2.45, 2.75) is 30.5 Å². The molecule has 0 radical (unpaired) electrons. The molecule has 0 aliphatic heterocycles. The molecule has 0 aromatic heterocycles. The molecule has 0 unspecified atom stereocenters. The number of amides is 1. The van der Waals surface area contributed by atoms with E-state index in [1.807, 2.05) is 31.2 Å². The summed E-state index contributed by atoms with van der Waals surface area (Å²) < 4.78 is 5.02. The minimum atomic E-state index is -0.0627. The maximum absolute atomic E-state index is 12.1. The maximum atomic E-state index is 12.1. The van der Waals surface area contributed by atoms with Gasteiger partial charge in [0.2, 0.25) is 0 Å². The van der Waals surface area contributed by atoms with Crippen LogP contribution in [0.15, 0.2) is 53.4 Å². The van der Waals surface area contributed by atoms with E-state index in [9.17, 15) is 4.79 Å². The number of carbonyl (C=O) groups is 1. The van der Waals surface area contributed by atoms with E-state index in [0.29, 0.717) is 12.2 Å². The highest BCUT2D eigenvalue weighted by Gasteiger charge is 2.09. The Hall–Kier alpha value is -1.78. The van der Waals surface area contributed by atoms with Gasteiger partial charge in [0.25, 0.3) is 5.91 Å². The van der Waals surface area contributed by atoms with Gasteiger partial charge in [-0.1, -0.05) is 29.8 Å². The van der Waals surface area contributed by atoms with Gasteiger partial charge in [-0.2, -0.15) is 0 Å². The Morgan fingerprint density at radius 1 is 1.13 bits per heavy atom. The number of hydrogen-bond acceptors (Lipinski definition) is 3. The fraction of sp³-hybridized carbons (Fsp3) is 0.316. The van der Waals surface area contributed by atoms with Crippen LogP contribution in [0.3, 0.4) is 0 Å². The van der Waals surface area contributed by atoms with Gasteiger partial charge in [-0.05, 0) is 43.7 Å². The predicted molar refractivity (Wildman–Crippen MR) is 96.0 cm³/mol. The van der Waals surface area contributed by atoms with Crippen molar-refractivity contribution >= 4 is 17.7 Å². The Morgan fingerprint density at radius 2 is 1.78 bits per heavy atom. The molecule has 23 heavy (non-hydrogen) atoms. The molecule has 1 amide bonds. The van der Waals surface area contributed by atoms with Crippen molar-refractivity contribution in [3.63, 3.8) is 0 Å². The zero-order chi connectivity index (χ0) is 16.7. The van der Waals surface area contributed by atoms with Gasteiger partial charge in [-0.3, -0.25) is 4.79 Å². The molecule has 2 rings (SSSR count). The van der Waals surface area contributed by atoms with Gasteiger partial charge in [-0.25, -0.2) is 0 Å². The lowest BCUT2D eigenvalue weighted by Crippen LogP contribution is -2.35. The molecule has 4 heteroatoms. The average molecular weight is 329 g/mol. The minimum Gasteiger partial charge on any atom is -0.383 e. The first-order valence-electron chi connectivity index (χ1n) is 7.66. The average Bonchev–Trinajstić information content (AvgIpc) is 2.55. The molecule has 0 aliphatic carbocycles. The van der Waals surface area contributed by atoms with Crippen LogP contribution in [0.1, 0.15) is 28.4 Å². The second-order valence-corrected chi connectivity index (χ2v) is 6.68. The van der Waals surface area contributed by atoms with Gasteiger partial charge >= 0.3 is 0 Å². The van der Waals surface area contributed by atoms with Crippen LogP contribution in [-0.4, -0.2) is 25.7 Å². The molecule has 1 N–H and O–H groups in total. The number of thioether (sulfide) groups is 1. The van der Waals surface area contributed by atoms with Crippen molar-refractivity contribution in [3.05, 3.63) is 65.2 Å². The summed E-state index contributed by atoms with van der Waals surface area (Å²) in [6, 6.07) is 16.3. The highest BCUT2D eigenvalue weighted by Crippen LogP contribution is 2.23. The van der Waals surface area contributed by atoms with Crippen molar-refractivity contribution in [2.75, 3.05) is 13.7 Å². The number of hydrogen-bond donors (Lipinski definition) is 1. The highest BCUT2D eigenvalue weighted by atomic mass is 32.2. The Labute approximate surface area is 142 Å². The molecule has 0 saturated heterocycles. The van der Waals surface area contributed by atoms with Crippen molar-refractivity contribution in [3.8, 4) is 0 Å². The van der Waals surface area contributed by atoms with Crippen LogP contribution in [0, 0.1) is 6.92 Å². The molecule has 0 bridgehead atoms. The summed E-state index contributed by atoms with van der Waals surface area (Å²) in [5.74, 6) is 0.831. The van der Waals surface area contributed by atoms with Crippen LogP contribution >= 0.6 is 11.8 Å². The van der Waals surface area contributed by atoms with Crippen LogP contribution in [0.5, 0.6) is 0 Å². The first kappa shape index (κ1) is 17.6. The normalized spacial score (nSPS) is 12.0. The van der Waals surface area contributed by atoms with Crippen LogP contribution in [0.4, 0.5) is 0 Å². The number of rotatable bonds is 7. The summed E-state index contributed by atoms with van der Waals surface area (Å²) in [5, 5.41) is 2.91. The minimum absolute atomic E-state index is 0.00395. The first-order chi connectivity index (χ1) is 11.1. The number of methoxy groups -OCH3 is 1. The summed E-state index contributed by atoms with van der Waals surface area (Å²) in [6.45, 7) is 4.52. The summed E-state index contributed by atoms with van der Waals surface area (Å²) in [6.07, 6.45) is 0. The van der Waals surface area contributed by atoms with Gasteiger partial charge in [0.05, 0.1) is 6.61 Å². The largest absolute Gasteiger partial charge is 0.383 e. The standard InChI is InChI=1S/C19H23NO2S/c1-14-4-10-18(11-5-14)23-13-16-6-8-17(9-7-16)19(21)20-15(2)12-22-3/h4-11,15H,12-13H2,1-3H3,(H,20,21)/t15-/m1/s1. The van der Waals surface area contributed by atoms with Crippen molar-refractivity contribution < 1.29 is 9.53 Å². The monoisotopic (exact) mass is 329 g/mol. The summed E-state index contributed by atoms with van der Waals surface area (Å²) in [7, 11) is 1.63. The molecule has 0 saturated carbocycles. The SMILES string of the molecule is COC[C@@H](C)NC(=O)c1ccc(CSc2ccc(C)cc2)cc1. The molecular formula is C19H23NO2S. The van der Waals surface area contributed by atoms with E-state index >= 15 is 0 Å². The Bertz CT molecular complexity index is 623. The molecule has 1 atom stereocenters. The molecule has 0 heterocycles. The van der Waals surface area contributed by atoms with Crippen LogP contribution in [0.2, 0.25) is 0 Å². The Kier molecular flexibility index (Phi) is 6.68. The molecule has 0 aliphatic rings. The third kappa shape index (κ3) is 5.73. The number of carbonyl (C=O) groups excluding carboxylic acids is 1. The Morgan fingerprint density at radius 3 is 2.39 bits per heavy atom. The number of nitrogens with one attached hydrogen (secondary N) is 1. The molecule has 0 fully saturated rings. The van der Waals surface area contributed by atoms with Crippen molar-refractivity contribution in [1.82, 2.24) is 5.32 Å².